The highest BCUT2D eigenvalue weighted by molar-refractivity contribution is 5.98. The number of para-hydroxylation sites is 1. The van der Waals surface area contributed by atoms with Crippen molar-refractivity contribution in [2.75, 3.05) is 13.2 Å². The molecule has 33 heavy (non-hydrogen) atoms. The second-order valence-electron chi connectivity index (χ2n) is 8.60. The van der Waals surface area contributed by atoms with Crippen LogP contribution in [0.1, 0.15) is 21.9 Å². The number of carbonyl (C=O) groups is 1. The van der Waals surface area contributed by atoms with Crippen LogP contribution in [-0.4, -0.2) is 38.5 Å². The number of imidazole rings is 1. The van der Waals surface area contributed by atoms with E-state index in [1.54, 1.807) is 0 Å². The number of benzene rings is 3. The van der Waals surface area contributed by atoms with Gasteiger partial charge in [0, 0.05) is 30.1 Å². The van der Waals surface area contributed by atoms with Crippen molar-refractivity contribution in [2.45, 2.75) is 13.5 Å². The summed E-state index contributed by atoms with van der Waals surface area (Å²) < 4.78 is 7.98. The summed E-state index contributed by atoms with van der Waals surface area (Å²) >= 11 is 0. The number of fused-ring (bicyclic) bond motifs is 3. The zero-order valence-electron chi connectivity index (χ0n) is 18.6. The smallest absolute Gasteiger partial charge is 0.270 e. The van der Waals surface area contributed by atoms with Crippen molar-refractivity contribution < 1.29 is 9.53 Å². The van der Waals surface area contributed by atoms with Crippen LogP contribution in [0.15, 0.2) is 66.7 Å². The number of hydrogen-bond acceptors (Lipinski definition) is 3. The van der Waals surface area contributed by atoms with Crippen molar-refractivity contribution in [3.05, 3.63) is 83.8 Å². The molecule has 1 aliphatic rings. The maximum Gasteiger partial charge on any atom is 0.270 e. The van der Waals surface area contributed by atoms with Crippen LogP contribution in [0.3, 0.4) is 0 Å². The quantitative estimate of drug-likeness (QED) is 0.420. The molecule has 0 unspecified atom stereocenters. The van der Waals surface area contributed by atoms with Gasteiger partial charge in [0.1, 0.15) is 23.9 Å². The molecule has 1 N–H and O–H groups in total. The van der Waals surface area contributed by atoms with E-state index in [9.17, 15) is 4.79 Å². The number of H-pyrrole nitrogens is 1. The number of aryl methyl sites for hydroxylation is 2. The van der Waals surface area contributed by atoms with Crippen molar-refractivity contribution in [1.29, 1.82) is 0 Å². The Kier molecular flexibility index (Phi) is 4.47. The van der Waals surface area contributed by atoms with Gasteiger partial charge in [-0.1, -0.05) is 30.3 Å². The number of nitrogens with one attached hydrogen (secondary N) is 1. The second kappa shape index (κ2) is 7.52. The zero-order valence-corrected chi connectivity index (χ0v) is 18.6. The van der Waals surface area contributed by atoms with E-state index in [1.807, 2.05) is 65.9 Å². The molecule has 0 atom stereocenters. The molecular formula is C27H24N4O2. The highest BCUT2D eigenvalue weighted by Crippen LogP contribution is 2.31. The maximum absolute atomic E-state index is 13.5. The first-order chi connectivity index (χ1) is 16.1. The molecule has 0 saturated heterocycles. The maximum atomic E-state index is 13.5. The van der Waals surface area contributed by atoms with E-state index in [-0.39, 0.29) is 5.91 Å². The lowest BCUT2D eigenvalue weighted by Gasteiger charge is -2.20. The minimum Gasteiger partial charge on any atom is -0.491 e. The average molecular weight is 437 g/mol. The summed E-state index contributed by atoms with van der Waals surface area (Å²) in [6.07, 6.45) is 0. The molecule has 0 spiro atoms. The number of ether oxygens (including phenoxy) is 1. The molecule has 0 radical (unpaired) electrons. The van der Waals surface area contributed by atoms with Gasteiger partial charge in [0.2, 0.25) is 0 Å². The van der Waals surface area contributed by atoms with Crippen LogP contribution in [0.2, 0.25) is 0 Å². The molecule has 6 heteroatoms. The summed E-state index contributed by atoms with van der Waals surface area (Å²) in [5.74, 6) is 1.76. The van der Waals surface area contributed by atoms with Crippen LogP contribution >= 0.6 is 0 Å². The molecule has 164 valence electrons. The lowest BCUT2D eigenvalue weighted by atomic mass is 10.0. The van der Waals surface area contributed by atoms with Gasteiger partial charge in [0.05, 0.1) is 17.6 Å². The Morgan fingerprint density at radius 3 is 2.73 bits per heavy atom. The minimum absolute atomic E-state index is 0.0184. The summed E-state index contributed by atoms with van der Waals surface area (Å²) in [6, 6.07) is 22.5. The topological polar surface area (TPSA) is 63.1 Å². The zero-order chi connectivity index (χ0) is 22.5. The van der Waals surface area contributed by atoms with Crippen LogP contribution in [-0.2, 0) is 13.6 Å². The molecule has 1 aliphatic heterocycles. The number of rotatable bonds is 2. The molecule has 3 aromatic carbocycles. The van der Waals surface area contributed by atoms with Gasteiger partial charge in [0.15, 0.2) is 0 Å². The SMILES string of the molecule is Cc1nc2ccc(-c3ccc4c(c3)CN(C(=O)c3cc5ccccc5n3C)CCO4)cc2[nH]1. The Bertz CT molecular complexity index is 1530. The molecule has 1 amide bonds. The van der Waals surface area contributed by atoms with E-state index in [0.717, 1.165) is 50.2 Å². The normalized spacial score (nSPS) is 13.7. The van der Waals surface area contributed by atoms with E-state index in [4.69, 9.17) is 4.74 Å². The Morgan fingerprint density at radius 1 is 1.03 bits per heavy atom. The number of aromatic nitrogens is 3. The van der Waals surface area contributed by atoms with Crippen LogP contribution in [0, 0.1) is 6.92 Å². The third-order valence-electron chi connectivity index (χ3n) is 6.43. The van der Waals surface area contributed by atoms with Gasteiger partial charge >= 0.3 is 0 Å². The number of aromatic amines is 1. The monoisotopic (exact) mass is 436 g/mol. The fourth-order valence-corrected chi connectivity index (χ4v) is 4.72. The lowest BCUT2D eigenvalue weighted by Crippen LogP contribution is -2.33. The van der Waals surface area contributed by atoms with Gasteiger partial charge in [-0.2, -0.15) is 0 Å². The molecule has 0 saturated carbocycles. The van der Waals surface area contributed by atoms with Gasteiger partial charge in [-0.15, -0.1) is 0 Å². The molecular weight excluding hydrogens is 412 g/mol. The van der Waals surface area contributed by atoms with Crippen molar-refractivity contribution >= 4 is 27.8 Å². The summed E-state index contributed by atoms with van der Waals surface area (Å²) in [6.45, 7) is 3.49. The first kappa shape index (κ1) is 19.6. The van der Waals surface area contributed by atoms with E-state index in [2.05, 4.69) is 34.2 Å². The standard InChI is InChI=1S/C27H24N4O2/c1-17-28-22-9-7-19(14-23(22)29-17)18-8-10-26-21(13-18)16-31(11-12-33-26)27(32)25-15-20-5-3-4-6-24(20)30(25)2/h3-10,13-15H,11-12,16H2,1-2H3,(H,28,29). The van der Waals surface area contributed by atoms with E-state index in [0.29, 0.717) is 25.4 Å². The Balaban J connectivity index is 1.34. The van der Waals surface area contributed by atoms with Crippen LogP contribution in [0.5, 0.6) is 5.75 Å². The molecule has 0 aliphatic carbocycles. The Labute approximate surface area is 191 Å². The summed E-state index contributed by atoms with van der Waals surface area (Å²) in [4.78, 5) is 23.2. The van der Waals surface area contributed by atoms with Gasteiger partial charge in [-0.3, -0.25) is 4.79 Å². The predicted octanol–water partition coefficient (Wildman–Crippen LogP) is 5.06. The highest BCUT2D eigenvalue weighted by Gasteiger charge is 2.24. The summed E-state index contributed by atoms with van der Waals surface area (Å²) in [7, 11) is 1.95. The molecule has 2 aromatic heterocycles. The molecule has 5 aromatic rings. The Morgan fingerprint density at radius 2 is 1.85 bits per heavy atom. The fraction of sp³-hybridized carbons (Fsp3) is 0.185. The van der Waals surface area contributed by atoms with Gasteiger partial charge in [-0.25, -0.2) is 4.98 Å². The van der Waals surface area contributed by atoms with E-state index < -0.39 is 0 Å². The Hall–Kier alpha value is -4.06. The minimum atomic E-state index is 0.0184. The van der Waals surface area contributed by atoms with Gasteiger partial charge in [0.25, 0.3) is 5.91 Å². The average Bonchev–Trinajstić information content (AvgIpc) is 3.28. The molecule has 0 bridgehead atoms. The molecule has 6 nitrogen and oxygen atoms in total. The summed E-state index contributed by atoms with van der Waals surface area (Å²) in [5, 5.41) is 1.07. The number of nitrogens with zero attached hydrogens (tertiary/aromatic N) is 3. The van der Waals surface area contributed by atoms with Crippen LogP contribution in [0.4, 0.5) is 0 Å². The van der Waals surface area contributed by atoms with Gasteiger partial charge in [-0.05, 0) is 54.4 Å². The molecule has 3 heterocycles. The van der Waals surface area contributed by atoms with Crippen molar-refractivity contribution in [3.8, 4) is 16.9 Å². The number of amides is 1. The summed E-state index contributed by atoms with van der Waals surface area (Å²) in [5.41, 5.74) is 6.92. The van der Waals surface area contributed by atoms with Crippen molar-refractivity contribution in [2.24, 2.45) is 7.05 Å². The molecule has 6 rings (SSSR count). The van der Waals surface area contributed by atoms with E-state index in [1.165, 1.54) is 0 Å². The van der Waals surface area contributed by atoms with Crippen LogP contribution < -0.4 is 4.74 Å². The van der Waals surface area contributed by atoms with Crippen molar-refractivity contribution in [1.82, 2.24) is 19.4 Å². The van der Waals surface area contributed by atoms with Crippen LogP contribution in [0.25, 0.3) is 33.1 Å². The largest absolute Gasteiger partial charge is 0.491 e. The first-order valence-electron chi connectivity index (χ1n) is 11.1. The lowest BCUT2D eigenvalue weighted by molar-refractivity contribution is 0.0724. The number of carbonyl (C=O) groups excluding carboxylic acids is 1. The third kappa shape index (κ3) is 3.35. The second-order valence-corrected chi connectivity index (χ2v) is 8.60. The van der Waals surface area contributed by atoms with Gasteiger partial charge < -0.3 is 19.2 Å². The molecule has 0 fully saturated rings. The van der Waals surface area contributed by atoms with E-state index >= 15 is 0 Å². The first-order valence-corrected chi connectivity index (χ1v) is 11.1. The van der Waals surface area contributed by atoms with Crippen molar-refractivity contribution in [3.63, 3.8) is 0 Å². The predicted molar refractivity (Wildman–Crippen MR) is 129 cm³/mol. The third-order valence-corrected chi connectivity index (χ3v) is 6.43. The number of hydrogen-bond donors (Lipinski definition) is 1. The highest BCUT2D eigenvalue weighted by atomic mass is 16.5. The fourth-order valence-electron chi connectivity index (χ4n) is 4.72.